The zero-order valence-corrected chi connectivity index (χ0v) is 5.81. The summed E-state index contributed by atoms with van der Waals surface area (Å²) in [5.41, 5.74) is 0. The molecule has 0 fully saturated rings. The van der Waals surface area contributed by atoms with Gasteiger partial charge in [0.15, 0.2) is 0 Å². The molecule has 0 saturated carbocycles. The van der Waals surface area contributed by atoms with Crippen molar-refractivity contribution in [2.75, 3.05) is 0 Å². The van der Waals surface area contributed by atoms with E-state index in [4.69, 9.17) is 25.2 Å². The van der Waals surface area contributed by atoms with E-state index >= 15 is 0 Å². The minimum atomic E-state index is -1.75. The normalized spacial score (nSPS) is 5.44. The van der Waals surface area contributed by atoms with Crippen molar-refractivity contribution in [2.24, 2.45) is 0 Å². The van der Waals surface area contributed by atoms with Crippen LogP contribution in [0.1, 0.15) is 6.92 Å². The molecule has 0 aromatic heterocycles. The summed E-state index contributed by atoms with van der Waals surface area (Å²) in [6.07, 6.45) is 0. The molecule has 58 valence electrons. The Kier molecular flexibility index (Phi) is 18.2. The fraction of sp³-hybridized carbons (Fsp3) is 0.500. The molecule has 0 bridgehead atoms. The fourth-order valence-corrected chi connectivity index (χ4v) is 0. The van der Waals surface area contributed by atoms with Crippen molar-refractivity contribution in [2.45, 2.75) is 6.92 Å². The molecule has 0 atom stereocenters. The smallest absolute Gasteiger partial charge is 0.481 e. The van der Waals surface area contributed by atoms with E-state index in [0.717, 1.165) is 6.92 Å². The minimum absolute atomic E-state index is 0. The molecule has 0 unspecified atom stereocenters. The van der Waals surface area contributed by atoms with Crippen LogP contribution in [-0.4, -0.2) is 16.2 Å². The number of carboxylic acid groups (broad SMARTS) is 1. The van der Waals surface area contributed by atoms with E-state index < -0.39 is 11.1 Å². The first-order chi connectivity index (χ1) is 3.46. The van der Waals surface area contributed by atoms with Gasteiger partial charge >= 0.3 is 22.4 Å². The van der Waals surface area contributed by atoms with Gasteiger partial charge in [-0.15, -0.1) is 0 Å². The van der Waals surface area contributed by atoms with E-state index in [1.807, 2.05) is 0 Å². The molecule has 7 heteroatoms. The van der Waals surface area contributed by atoms with Crippen molar-refractivity contribution in [3.63, 3.8) is 0 Å². The quantitative estimate of drug-likeness (QED) is 0.354. The van der Waals surface area contributed by atoms with Crippen LogP contribution in [0.5, 0.6) is 0 Å². The average molecular weight is 230 g/mol. The van der Waals surface area contributed by atoms with Crippen molar-refractivity contribution in [1.29, 1.82) is 0 Å². The maximum Gasteiger partial charge on any atom is 1.00 e. The van der Waals surface area contributed by atoms with Gasteiger partial charge in [-0.1, -0.05) is 0 Å². The molecule has 0 aromatic rings. The molecule has 0 heterocycles. The number of aliphatic carboxylic acids is 1. The van der Waals surface area contributed by atoms with Crippen molar-refractivity contribution < 1.29 is 37.4 Å². The zero-order valence-electron chi connectivity index (χ0n) is 4.33. The van der Waals surface area contributed by atoms with Gasteiger partial charge in [0.1, 0.15) is 0 Å². The van der Waals surface area contributed by atoms with Crippen molar-refractivity contribution in [1.82, 2.24) is 0 Å². The summed E-state index contributed by atoms with van der Waals surface area (Å²) in [5, 5.41) is 22.2. The topological polar surface area (TPSA) is 104 Å². The van der Waals surface area contributed by atoms with Gasteiger partial charge in [0, 0.05) is 6.92 Å². The van der Waals surface area contributed by atoms with Crippen LogP contribution in [-0.2, 0) is 27.2 Å². The second-order valence-corrected chi connectivity index (χ2v) is 0.743. The Morgan fingerprint density at radius 2 is 1.56 bits per heavy atom. The summed E-state index contributed by atoms with van der Waals surface area (Å²) in [4.78, 5) is 17.2. The van der Waals surface area contributed by atoms with Gasteiger partial charge in [0.2, 0.25) is 0 Å². The van der Waals surface area contributed by atoms with E-state index in [1.54, 1.807) is 0 Å². The largest absolute Gasteiger partial charge is 1.00 e. The molecular formula is C2H4AgNO5. The molecule has 1 N–H and O–H groups in total. The number of nitrogens with zero attached hydrogens (tertiary/aromatic N) is 1. The van der Waals surface area contributed by atoms with Crippen LogP contribution in [0.15, 0.2) is 0 Å². The van der Waals surface area contributed by atoms with Crippen LogP contribution in [0.2, 0.25) is 0 Å². The van der Waals surface area contributed by atoms with E-state index in [9.17, 15) is 0 Å². The Balaban J connectivity index is -0.0000000720. The first kappa shape index (κ1) is 15.8. The Bertz CT molecular complexity index is 73.0. The third kappa shape index (κ3) is 624. The third-order valence-corrected chi connectivity index (χ3v) is 0. The Morgan fingerprint density at radius 3 is 1.56 bits per heavy atom. The van der Waals surface area contributed by atoms with Gasteiger partial charge < -0.3 is 20.4 Å². The summed E-state index contributed by atoms with van der Waals surface area (Å²) >= 11 is 0. The van der Waals surface area contributed by atoms with Crippen LogP contribution >= 0.6 is 0 Å². The van der Waals surface area contributed by atoms with E-state index in [1.165, 1.54) is 0 Å². The third-order valence-electron chi connectivity index (χ3n) is 0. The van der Waals surface area contributed by atoms with Crippen LogP contribution in [0.3, 0.4) is 0 Å². The molecule has 9 heavy (non-hydrogen) atoms. The number of carboxylic acids is 1. The van der Waals surface area contributed by atoms with Gasteiger partial charge in [0.25, 0.3) is 5.97 Å². The molecule has 0 saturated heterocycles. The summed E-state index contributed by atoms with van der Waals surface area (Å²) in [6, 6.07) is 0. The van der Waals surface area contributed by atoms with E-state index in [-0.39, 0.29) is 22.4 Å². The summed E-state index contributed by atoms with van der Waals surface area (Å²) in [6.45, 7) is 1.08. The molecule has 0 aliphatic rings. The standard InChI is InChI=1S/C2H4O2.Ag.NO3/c1-2(3)4;;2-1(3)4/h1H3,(H,3,4);;/q;+1;-1. The molecule has 0 aromatic carbocycles. The molecular weight excluding hydrogens is 226 g/mol. The monoisotopic (exact) mass is 229 g/mol. The van der Waals surface area contributed by atoms with Gasteiger partial charge in [-0.2, -0.15) is 0 Å². The predicted octanol–water partition coefficient (Wildman–Crippen LogP) is -0.151. The van der Waals surface area contributed by atoms with Crippen molar-refractivity contribution in [3.05, 3.63) is 15.3 Å². The Morgan fingerprint density at radius 1 is 1.56 bits per heavy atom. The molecule has 0 spiro atoms. The molecule has 0 radical (unpaired) electrons. The number of rotatable bonds is 0. The van der Waals surface area contributed by atoms with Crippen LogP contribution in [0.25, 0.3) is 0 Å². The fourth-order valence-electron chi connectivity index (χ4n) is 0. The van der Waals surface area contributed by atoms with Crippen molar-refractivity contribution in [3.8, 4) is 0 Å². The number of carbonyl (C=O) groups is 1. The van der Waals surface area contributed by atoms with Crippen LogP contribution in [0.4, 0.5) is 0 Å². The van der Waals surface area contributed by atoms with E-state index in [0.29, 0.717) is 0 Å². The maximum absolute atomic E-state index is 9.00. The second kappa shape index (κ2) is 10.4. The zero-order chi connectivity index (χ0) is 7.15. The first-order valence-corrected chi connectivity index (χ1v) is 1.48. The maximum atomic E-state index is 9.00. The Hall–Kier alpha value is -0.590. The predicted molar refractivity (Wildman–Crippen MR) is 23.7 cm³/mol. The molecule has 0 rings (SSSR count). The summed E-state index contributed by atoms with van der Waals surface area (Å²) in [5.74, 6) is -0.833. The molecule has 0 aliphatic heterocycles. The van der Waals surface area contributed by atoms with Gasteiger partial charge in [0.05, 0.1) is 5.09 Å². The first-order valence-electron chi connectivity index (χ1n) is 1.48. The SMILES string of the molecule is CC(=O)O.O=[N+]([O-])[O-].[Ag+]. The van der Waals surface area contributed by atoms with Gasteiger partial charge in [-0.05, 0) is 0 Å². The second-order valence-electron chi connectivity index (χ2n) is 0.743. The molecule has 0 aliphatic carbocycles. The van der Waals surface area contributed by atoms with Crippen LogP contribution < -0.4 is 0 Å². The number of hydrogen-bond acceptors (Lipinski definition) is 4. The Labute approximate surface area is 66.1 Å². The summed E-state index contributed by atoms with van der Waals surface area (Å²) < 4.78 is 0. The van der Waals surface area contributed by atoms with Crippen LogP contribution in [0, 0.1) is 15.3 Å². The van der Waals surface area contributed by atoms with E-state index in [2.05, 4.69) is 0 Å². The van der Waals surface area contributed by atoms with Gasteiger partial charge in [-0.3, -0.25) is 4.79 Å². The summed E-state index contributed by atoms with van der Waals surface area (Å²) in [7, 11) is 0. The molecule has 0 amide bonds. The van der Waals surface area contributed by atoms with Gasteiger partial charge in [-0.25, -0.2) is 0 Å². The van der Waals surface area contributed by atoms with Crippen molar-refractivity contribution >= 4 is 5.97 Å². The average Bonchev–Trinajstić information content (AvgIpc) is 1.25. The molecule has 6 nitrogen and oxygen atoms in total. The minimum Gasteiger partial charge on any atom is -0.481 e. The number of hydrogen-bond donors (Lipinski definition) is 1.